The van der Waals surface area contributed by atoms with Crippen LogP contribution in [-0.2, 0) is 360 Å². The zero-order chi connectivity index (χ0) is 15.9. The molecule has 0 saturated heterocycles. The Balaban J connectivity index is -0.0000000748. The number of anilines is 2. The van der Waals surface area contributed by atoms with Gasteiger partial charge in [-0.05, 0) is 18.6 Å². The molecule has 1 aliphatic heterocycles. The van der Waals surface area contributed by atoms with Gasteiger partial charge in [0.25, 0.3) is 0 Å². The Bertz CT molecular complexity index is 692. The Morgan fingerprint density at radius 3 is 1.84 bits per heavy atom. The molecule has 1 aliphatic rings. The molecular formula is C20H23NY11-2. The van der Waals surface area contributed by atoms with Gasteiger partial charge in [0.05, 0.1) is 1.37 Å². The molecule has 11 radical (unpaired) electrons. The molecule has 0 spiro atoms. The van der Waals surface area contributed by atoms with Crippen LogP contribution in [0.4, 0.5) is 11.4 Å². The van der Waals surface area contributed by atoms with E-state index in [1.54, 1.807) is 0 Å². The first kappa shape index (κ1) is 61.4. The van der Waals surface area contributed by atoms with Crippen LogP contribution < -0.4 is 4.90 Å². The first-order valence-corrected chi connectivity index (χ1v) is 7.73. The third-order valence-electron chi connectivity index (χ3n) is 4.85. The molecule has 0 amide bonds. The Kier molecular flexibility index (Phi) is 68.8. The fraction of sp³-hybridized carbons (Fsp3) is 0.350. The summed E-state index contributed by atoms with van der Waals surface area (Å²) in [4.78, 5) is 2.35. The average Bonchev–Trinajstić information content (AvgIpc) is 2.78. The summed E-state index contributed by atoms with van der Waals surface area (Å²) in [6.45, 7) is 8.79. The van der Waals surface area contributed by atoms with E-state index in [0.29, 0.717) is 23.9 Å². The molecule has 12 heteroatoms. The van der Waals surface area contributed by atoms with E-state index in [-0.39, 0.29) is 360 Å². The largest absolute Gasteiger partial charge is 0.392 e. The molecule has 0 N–H and O–H groups in total. The molecule has 3 atom stereocenters. The summed E-state index contributed by atoms with van der Waals surface area (Å²) in [5.74, 6) is 0.897. The van der Waals surface area contributed by atoms with Gasteiger partial charge in [0, 0.05) is 377 Å². The van der Waals surface area contributed by atoms with Crippen LogP contribution in [0.5, 0.6) is 0 Å². The van der Waals surface area contributed by atoms with Gasteiger partial charge in [-0.2, -0.15) is 36.6 Å². The number of hydrogen-bond acceptors (Lipinski definition) is 1. The molecule has 3 rings (SSSR count). The van der Waals surface area contributed by atoms with Gasteiger partial charge in [-0.25, -0.2) is 0 Å². The molecule has 1 heterocycles. The fourth-order valence-electron chi connectivity index (χ4n) is 3.15. The Hall–Kier alpha value is 10.4. The Labute approximate surface area is 475 Å². The van der Waals surface area contributed by atoms with Crippen molar-refractivity contribution >= 4 is 11.4 Å². The van der Waals surface area contributed by atoms with Crippen LogP contribution in [0.3, 0.4) is 0 Å². The van der Waals surface area contributed by atoms with Gasteiger partial charge in [-0.15, -0.1) is 6.07 Å². The molecule has 0 bridgehead atoms. The number of fused-ring (bicyclic) bond motifs is 1. The summed E-state index contributed by atoms with van der Waals surface area (Å²) in [6.07, 6.45) is 2.19. The van der Waals surface area contributed by atoms with E-state index >= 15 is 0 Å². The van der Waals surface area contributed by atoms with Crippen LogP contribution in [0.25, 0.3) is 0 Å². The van der Waals surface area contributed by atoms with Gasteiger partial charge < -0.3 is 11.3 Å². The molecule has 0 fully saturated rings. The van der Waals surface area contributed by atoms with Crippen molar-refractivity contribution in [3.05, 3.63) is 66.1 Å². The Morgan fingerprint density at radius 1 is 0.875 bits per heavy atom. The number of benzene rings is 2. The summed E-state index contributed by atoms with van der Waals surface area (Å²) in [7, 11) is 0. The van der Waals surface area contributed by atoms with Crippen LogP contribution in [0.15, 0.2) is 42.4 Å². The maximum atomic E-state index is 7.92. The van der Waals surface area contributed by atoms with E-state index in [2.05, 4.69) is 69.3 Å². The van der Waals surface area contributed by atoms with Crippen LogP contribution in [0, 0.1) is 12.5 Å². The second-order valence-corrected chi connectivity index (χ2v) is 6.01. The monoisotopic (exact) mass is 1260 g/mol. The number of nitrogens with zero attached hydrogens (tertiary/aromatic N) is 1. The second kappa shape index (κ2) is 35.9. The molecule has 143 valence electrons. The normalized spacial score (nSPS) is 15.0. The standard InChI is InChI=1S/C20H23N.11Y/c1-5-14(2)17-10-12-18(13-11-17)21-16(4)15(3)19-8-6-7-9-20(19)21;;;;;;;;;;;/h5-10,12-16H,1-4H3;;;;;;;;;;;/q-2;;;;;;;;;;;/t14-,15-,16+;;;;;;;;;;;/m1.........../s1/i7T;;;;;;;;;;;. The fourth-order valence-corrected chi connectivity index (χ4v) is 3.15. The smallest absolute Gasteiger partial charge is 0.0623 e. The van der Waals surface area contributed by atoms with Crippen LogP contribution in [0.2, 0.25) is 0 Å². The summed E-state index contributed by atoms with van der Waals surface area (Å²) in [5.41, 5.74) is 4.89. The van der Waals surface area contributed by atoms with Crippen molar-refractivity contribution in [2.45, 2.75) is 45.6 Å². The molecule has 0 unspecified atom stereocenters. The first-order valence-electron chi connectivity index (χ1n) is 8.23. The maximum absolute atomic E-state index is 7.92. The molecular weight excluding hydrogens is 1230 g/mol. The van der Waals surface area contributed by atoms with E-state index < -0.39 is 0 Å². The molecule has 0 aliphatic carbocycles. The van der Waals surface area contributed by atoms with Crippen molar-refractivity contribution in [3.8, 4) is 0 Å². The van der Waals surface area contributed by atoms with Gasteiger partial charge in [-0.3, -0.25) is 0 Å². The quantitative estimate of drug-likeness (QED) is 0.372. The molecule has 0 aromatic heterocycles. The summed E-state index contributed by atoms with van der Waals surface area (Å²) in [6, 6.07) is 16.8. The minimum Gasteiger partial charge on any atom is -0.392 e. The van der Waals surface area contributed by atoms with Crippen LogP contribution in [0.1, 0.15) is 52.0 Å². The number of rotatable bonds is 3. The van der Waals surface area contributed by atoms with Crippen molar-refractivity contribution in [1.29, 1.82) is 0 Å². The number of para-hydroxylation sites is 1. The minimum atomic E-state index is 0. The van der Waals surface area contributed by atoms with Gasteiger partial charge >= 0.3 is 0 Å². The van der Waals surface area contributed by atoms with E-state index in [1.807, 2.05) is 12.1 Å². The maximum Gasteiger partial charge on any atom is 0.0623 e. The molecule has 2 aromatic rings. The minimum absolute atomic E-state index is 0. The molecule has 1 nitrogen and oxygen atoms in total. The second-order valence-electron chi connectivity index (χ2n) is 6.01. The molecule has 32 heavy (non-hydrogen) atoms. The predicted octanol–water partition coefficient (Wildman–Crippen LogP) is 5.43. The van der Waals surface area contributed by atoms with E-state index in [1.165, 1.54) is 16.8 Å². The van der Waals surface area contributed by atoms with E-state index in [9.17, 15) is 0 Å². The van der Waals surface area contributed by atoms with Gasteiger partial charge in [0.1, 0.15) is 0 Å². The SMILES string of the molecule is [3H]c1ccc2c(c1)N(c1c[c-]c([C@H](C)[CH-]C)cc1)[C@@H](C)[C@H]2C.[Y].[Y].[Y].[Y].[Y].[Y].[Y].[Y].[Y].[Y].[Y]. The first-order chi connectivity index (χ1) is 10.5. The van der Waals surface area contributed by atoms with Gasteiger partial charge in [-0.1, -0.05) is 37.7 Å². The summed E-state index contributed by atoms with van der Waals surface area (Å²) < 4.78 is 7.92. The third-order valence-corrected chi connectivity index (χ3v) is 4.85. The third kappa shape index (κ3) is 19.0. The van der Waals surface area contributed by atoms with Crippen molar-refractivity contribution in [2.75, 3.05) is 4.90 Å². The van der Waals surface area contributed by atoms with E-state index in [4.69, 9.17) is 1.37 Å². The topological polar surface area (TPSA) is 3.24 Å². The van der Waals surface area contributed by atoms with E-state index in [0.717, 1.165) is 5.69 Å². The average molecular weight is 1260 g/mol. The van der Waals surface area contributed by atoms with Crippen molar-refractivity contribution in [3.63, 3.8) is 0 Å². The Morgan fingerprint density at radius 2 is 1.41 bits per heavy atom. The van der Waals surface area contributed by atoms with Gasteiger partial charge in [0.2, 0.25) is 0 Å². The van der Waals surface area contributed by atoms with Crippen molar-refractivity contribution < 1.29 is 361 Å². The van der Waals surface area contributed by atoms with Crippen molar-refractivity contribution in [2.24, 2.45) is 0 Å². The van der Waals surface area contributed by atoms with Crippen LogP contribution >= 0.6 is 0 Å². The van der Waals surface area contributed by atoms with Gasteiger partial charge in [0.15, 0.2) is 0 Å². The van der Waals surface area contributed by atoms with Crippen LogP contribution in [-0.4, -0.2) is 6.04 Å². The zero-order valence-corrected chi connectivity index (χ0v) is 50.8. The summed E-state index contributed by atoms with van der Waals surface area (Å²) in [5, 5.41) is 0. The zero-order valence-electron chi connectivity index (χ0n) is 20.6. The van der Waals surface area contributed by atoms with Crippen molar-refractivity contribution in [1.82, 2.24) is 0 Å². The molecule has 2 aromatic carbocycles. The summed E-state index contributed by atoms with van der Waals surface area (Å²) >= 11 is 0. The predicted molar refractivity (Wildman–Crippen MR) is 90.1 cm³/mol. The number of hydrogen-bond donors (Lipinski definition) is 0. The molecule has 0 saturated carbocycles.